The van der Waals surface area contributed by atoms with E-state index in [0.29, 0.717) is 27.1 Å². The van der Waals surface area contributed by atoms with Crippen LogP contribution in [-0.4, -0.2) is 186 Å². The first-order valence-electron chi connectivity index (χ1n) is 44.7. The van der Waals surface area contributed by atoms with Gasteiger partial charge < -0.3 is 102 Å². The van der Waals surface area contributed by atoms with Crippen LogP contribution in [0.15, 0.2) is 303 Å². The minimum absolute atomic E-state index is 0.00248. The maximum atomic E-state index is 15.1. The smallest absolute Gasteiger partial charge is 0.412 e. The van der Waals surface area contributed by atoms with Crippen LogP contribution < -0.4 is 42.0 Å². The van der Waals surface area contributed by atoms with E-state index in [1.807, 2.05) is 269 Å². The van der Waals surface area contributed by atoms with E-state index in [0.717, 1.165) is 27.1 Å². The molecule has 684 valence electrons. The Hall–Kier alpha value is -11.5. The average Bonchev–Trinajstić information content (AvgIpc) is 1.58. The van der Waals surface area contributed by atoms with Crippen molar-refractivity contribution in [3.63, 3.8) is 0 Å². The molecule has 17 rings (SSSR count). The van der Waals surface area contributed by atoms with Crippen LogP contribution in [0.3, 0.4) is 0 Å². The quantitative estimate of drug-likeness (QED) is 0.0187. The number of nitrogens with one attached hydrogen (secondary N) is 4. The normalized spacial score (nSPS) is 27.1. The number of aliphatic hydroxyl groups is 1. The van der Waals surface area contributed by atoms with Crippen molar-refractivity contribution in [3.05, 3.63) is 337 Å². The molecule has 0 radical (unpaired) electrons. The molecular weight excluding hydrogens is 1700 g/mol. The lowest BCUT2D eigenvalue weighted by Crippen LogP contribution is -2.70. The molecule has 10 aromatic carbocycles. The van der Waals surface area contributed by atoms with Gasteiger partial charge in [-0.25, -0.2) is 24.0 Å². The van der Waals surface area contributed by atoms with Crippen LogP contribution in [0.4, 0.5) is 24.0 Å². The SMILES string of the molecule is CC(C)(C[C@H]1[C@H](O[C@@H]2[C@H]3OC(=O)N[C@@H]3C[C@H](NC(=O)OCc3ccccc3)[C@H]2O[C@H]2O[C@@H]3COC(c4ccccc4)O[C@H]3C[C@H]2NC(=O)OCc2ccccc2)O[C@H](CO[Si](c2ccccc2)(c2ccccc2)C(C)(C)C)[C@H]1O[C@H]1O[C@H]2CN(C(=O)OCc3ccccc3)C(c3ccccc3)O[C@H]2[C@H](O)[C@H]1NC(=O)OCc1ccccc1)[Si](O)(c1ccccc1)c1ccccc1. The summed E-state index contributed by atoms with van der Waals surface area (Å²) in [7, 11) is -7.86. The topological polar surface area (TPSA) is 316 Å². The Morgan fingerprint density at radius 2 is 0.901 bits per heavy atom. The highest BCUT2D eigenvalue weighted by molar-refractivity contribution is 6.99. The van der Waals surface area contributed by atoms with E-state index in [9.17, 15) is 24.3 Å². The van der Waals surface area contributed by atoms with Crippen molar-refractivity contribution in [1.29, 1.82) is 0 Å². The number of aliphatic hydroxyl groups excluding tert-OH is 1. The van der Waals surface area contributed by atoms with E-state index in [1.54, 1.807) is 24.3 Å². The van der Waals surface area contributed by atoms with Gasteiger partial charge in [0, 0.05) is 23.5 Å². The molecule has 2 unspecified atom stereocenters. The predicted molar refractivity (Wildman–Crippen MR) is 487 cm³/mol. The number of carbonyl (C=O) groups is 5. The van der Waals surface area contributed by atoms with E-state index in [4.69, 9.17) is 70.7 Å². The summed E-state index contributed by atoms with van der Waals surface area (Å²) in [6.07, 6.45) is -23.8. The fourth-order valence-corrected chi connectivity index (χ4v) is 27.7. The summed E-state index contributed by atoms with van der Waals surface area (Å²) in [4.78, 5) is 90.2. The minimum Gasteiger partial charge on any atom is -0.445 e. The molecule has 0 spiro atoms. The summed E-state index contributed by atoms with van der Waals surface area (Å²) in [6, 6.07) is 89.5. The van der Waals surface area contributed by atoms with Crippen molar-refractivity contribution in [2.24, 2.45) is 5.92 Å². The highest BCUT2D eigenvalue weighted by Crippen LogP contribution is 2.51. The van der Waals surface area contributed by atoms with E-state index in [-0.39, 0.29) is 65.4 Å². The molecule has 27 nitrogen and oxygen atoms in total. The van der Waals surface area contributed by atoms with Crippen molar-refractivity contribution in [1.82, 2.24) is 26.2 Å². The van der Waals surface area contributed by atoms with Gasteiger partial charge in [-0.15, -0.1) is 0 Å². The molecule has 0 aromatic heterocycles. The van der Waals surface area contributed by atoms with Crippen molar-refractivity contribution in [2.45, 2.75) is 207 Å². The third-order valence-corrected chi connectivity index (χ3v) is 35.3. The molecule has 1 saturated carbocycles. The standard InChI is InChI=1S/C102H111N5O22Si2/c1-101(2,3)131(74-52-32-14-33-53-74,75-54-34-15-35-55-75)120-65-83-86(126-95-84(106-98(111)118-62-68-40-20-8-21-41-68)85(108)89-81(122-95)59-107(91(125-89)70-44-24-10-25-45-70)100(113)119-63-69-42-22-9-23-43-69)76(58-102(4,5)130(114,72-48-28-12-29-49-72)73-50-30-13-31-51-73)93(124-83)128-90-87(77(56-78-88(90)129-99(112)104-78)103-96(109)116-60-66-36-16-6-17-37-66)127-94-79(105-97(110)117-61-67-38-18-7-19-39-67)57-80-82(123-94)64-115-92(121-80)71-46-26-11-27-47-71/h6-55,76-95,108,114H,56-65H2,1-5H3,(H,103,109)(H,104,112)(H,105,110)(H,106,111)/t76-,77+,78-,79-,80+,81+,82-,83-,84-,85-,86+,87-,88+,89-,90+,91?,92?,93+,94-,95-/m1/s1. The van der Waals surface area contributed by atoms with Gasteiger partial charge in [-0.3, -0.25) is 4.90 Å². The van der Waals surface area contributed by atoms with Gasteiger partial charge in [0.1, 0.15) is 75.2 Å². The Labute approximate surface area is 763 Å². The van der Waals surface area contributed by atoms with Gasteiger partial charge in [0.2, 0.25) is 0 Å². The minimum atomic E-state index is -4.20. The number of benzene rings is 10. The number of ether oxygens (including phenoxy) is 14. The third kappa shape index (κ3) is 20.7. The van der Waals surface area contributed by atoms with Crippen LogP contribution in [0.5, 0.6) is 0 Å². The molecule has 29 heteroatoms. The molecular formula is C102H111N5O22Si2. The summed E-state index contributed by atoms with van der Waals surface area (Å²) in [5, 5.41) is 27.1. The Balaban J connectivity index is 0.816. The summed E-state index contributed by atoms with van der Waals surface area (Å²) in [6.45, 7) is 9.37. The van der Waals surface area contributed by atoms with E-state index < -0.39 is 180 Å². The lowest BCUT2D eigenvalue weighted by atomic mass is 9.83. The van der Waals surface area contributed by atoms with Crippen LogP contribution >= 0.6 is 0 Å². The largest absolute Gasteiger partial charge is 0.445 e. The van der Waals surface area contributed by atoms with Crippen LogP contribution in [0.25, 0.3) is 0 Å². The number of hydrogen-bond acceptors (Lipinski definition) is 22. The maximum Gasteiger partial charge on any atom is 0.412 e. The van der Waals surface area contributed by atoms with Crippen molar-refractivity contribution < 1.29 is 105 Å². The van der Waals surface area contributed by atoms with Gasteiger partial charge in [-0.2, -0.15) is 0 Å². The number of hydrogen-bond donors (Lipinski definition) is 6. The molecule has 6 heterocycles. The highest BCUT2D eigenvalue weighted by atomic mass is 28.4. The molecule has 7 aliphatic rings. The van der Waals surface area contributed by atoms with Gasteiger partial charge >= 0.3 is 30.5 Å². The molecule has 6 N–H and O–H groups in total. The van der Waals surface area contributed by atoms with Crippen molar-refractivity contribution in [3.8, 4) is 0 Å². The summed E-state index contributed by atoms with van der Waals surface area (Å²) >= 11 is 0. The molecule has 5 amide bonds. The van der Waals surface area contributed by atoms with E-state index in [2.05, 4.69) is 66.3 Å². The van der Waals surface area contributed by atoms with E-state index >= 15 is 9.59 Å². The zero-order valence-electron chi connectivity index (χ0n) is 73.5. The van der Waals surface area contributed by atoms with Gasteiger partial charge in [0.05, 0.1) is 50.1 Å². The number of amides is 5. The first kappa shape index (κ1) is 91.4. The predicted octanol–water partition coefficient (Wildman–Crippen LogP) is 12.8. The zero-order chi connectivity index (χ0) is 90.6. The van der Waals surface area contributed by atoms with E-state index in [1.165, 1.54) is 4.90 Å². The Bertz CT molecular complexity index is 5310. The molecule has 131 heavy (non-hydrogen) atoms. The Morgan fingerprint density at radius 3 is 1.41 bits per heavy atom. The number of rotatable bonds is 29. The maximum absolute atomic E-state index is 15.1. The van der Waals surface area contributed by atoms with Crippen LogP contribution in [-0.2, 0) is 97.2 Å². The van der Waals surface area contributed by atoms with Gasteiger partial charge in [0.25, 0.3) is 16.6 Å². The molecule has 0 bridgehead atoms. The monoisotopic (exact) mass is 1810 g/mol. The fourth-order valence-electron chi connectivity index (χ4n) is 19.4. The molecule has 6 aliphatic heterocycles. The molecule has 1 aliphatic carbocycles. The molecule has 7 fully saturated rings. The second kappa shape index (κ2) is 41.1. The third-order valence-electron chi connectivity index (χ3n) is 25.8. The second-order valence-electron chi connectivity index (χ2n) is 35.8. The molecule has 10 aromatic rings. The number of nitrogens with zero attached hydrogens (tertiary/aromatic N) is 1. The average molecular weight is 1820 g/mol. The van der Waals surface area contributed by atoms with Crippen LogP contribution in [0.1, 0.15) is 99.8 Å². The van der Waals surface area contributed by atoms with Gasteiger partial charge in [-0.1, -0.05) is 338 Å². The molecule has 20 atom stereocenters. The number of alkyl carbamates (subject to hydrolysis) is 4. The zero-order valence-corrected chi connectivity index (χ0v) is 75.5. The summed E-state index contributed by atoms with van der Waals surface area (Å²) in [5.74, 6) is -1.18. The van der Waals surface area contributed by atoms with Crippen molar-refractivity contribution >= 4 is 67.8 Å². The number of fused-ring (bicyclic) bond motifs is 3. The Kier molecular flexibility index (Phi) is 28.7. The van der Waals surface area contributed by atoms with Gasteiger partial charge in [0.15, 0.2) is 37.5 Å². The highest BCUT2D eigenvalue weighted by Gasteiger charge is 2.63. The summed E-state index contributed by atoms with van der Waals surface area (Å²) < 4.78 is 105. The first-order chi connectivity index (χ1) is 63.6. The first-order valence-corrected chi connectivity index (χ1v) is 48.6. The Morgan fingerprint density at radius 1 is 0.458 bits per heavy atom. The van der Waals surface area contributed by atoms with Crippen LogP contribution in [0, 0.1) is 5.92 Å². The second-order valence-corrected chi connectivity index (χ2v) is 44.1. The van der Waals surface area contributed by atoms with Crippen LogP contribution in [0.2, 0.25) is 10.1 Å². The lowest BCUT2D eigenvalue weighted by Gasteiger charge is -2.51. The van der Waals surface area contributed by atoms with Crippen molar-refractivity contribution in [2.75, 3.05) is 19.8 Å². The summed E-state index contributed by atoms with van der Waals surface area (Å²) in [5.41, 5.74) is 4.10. The number of carbonyl (C=O) groups excluding carboxylic acids is 5. The molecule has 6 saturated heterocycles. The van der Waals surface area contributed by atoms with Gasteiger partial charge in [-0.05, 0) is 65.9 Å². The lowest BCUT2D eigenvalue weighted by molar-refractivity contribution is -0.339. The fraction of sp³-hybridized carbons (Fsp3) is 0.363.